The summed E-state index contributed by atoms with van der Waals surface area (Å²) in [4.78, 5) is 0. The number of benzene rings is 1. The summed E-state index contributed by atoms with van der Waals surface area (Å²) in [6.07, 6.45) is 1.26. The quantitative estimate of drug-likeness (QED) is 0.819. The van der Waals surface area contributed by atoms with E-state index in [2.05, 4.69) is 13.0 Å². The molecular weight excluding hydrogens is 190 g/mol. The highest BCUT2D eigenvalue weighted by Crippen LogP contribution is 2.30. The Morgan fingerprint density at radius 1 is 1.60 bits per heavy atom. The molecule has 1 aromatic rings. The first-order valence-electron chi connectivity index (χ1n) is 5.24. The molecule has 0 spiro atoms. The lowest BCUT2D eigenvalue weighted by Crippen LogP contribution is -2.16. The first-order chi connectivity index (χ1) is 7.20. The summed E-state index contributed by atoms with van der Waals surface area (Å²) in [7, 11) is 1.67. The molecule has 0 saturated carbocycles. The lowest BCUT2D eigenvalue weighted by Gasteiger charge is -2.11. The molecule has 2 unspecified atom stereocenters. The second-order valence-corrected chi connectivity index (χ2v) is 4.06. The number of nitrogens with two attached hydrogens (primary N) is 1. The summed E-state index contributed by atoms with van der Waals surface area (Å²) in [5.41, 5.74) is 8.34. The summed E-state index contributed by atoms with van der Waals surface area (Å²) >= 11 is 0. The first kappa shape index (κ1) is 10.5. The van der Waals surface area contributed by atoms with Crippen LogP contribution in [0.3, 0.4) is 0 Å². The highest BCUT2D eigenvalue weighted by Gasteiger charge is 2.19. The van der Waals surface area contributed by atoms with Crippen LogP contribution >= 0.6 is 0 Å². The Labute approximate surface area is 90.2 Å². The number of rotatable bonds is 3. The smallest absolute Gasteiger partial charge is 0.123 e. The van der Waals surface area contributed by atoms with E-state index in [4.69, 9.17) is 15.2 Å². The fraction of sp³-hybridized carbons (Fsp3) is 0.500. The van der Waals surface area contributed by atoms with Crippen LogP contribution < -0.4 is 10.5 Å². The third-order valence-corrected chi connectivity index (χ3v) is 2.69. The molecule has 1 aliphatic rings. The van der Waals surface area contributed by atoms with E-state index in [0.29, 0.717) is 6.61 Å². The Kier molecular flexibility index (Phi) is 2.93. The normalized spacial score (nSPS) is 20.9. The van der Waals surface area contributed by atoms with Crippen LogP contribution in [0.1, 0.15) is 24.1 Å². The molecule has 0 bridgehead atoms. The van der Waals surface area contributed by atoms with Crippen LogP contribution in [0.5, 0.6) is 5.75 Å². The zero-order valence-electron chi connectivity index (χ0n) is 9.19. The van der Waals surface area contributed by atoms with Gasteiger partial charge in [0.2, 0.25) is 0 Å². The fourth-order valence-corrected chi connectivity index (χ4v) is 1.95. The summed E-state index contributed by atoms with van der Waals surface area (Å²) in [6.45, 7) is 2.63. The predicted molar refractivity (Wildman–Crippen MR) is 59.0 cm³/mol. The van der Waals surface area contributed by atoms with E-state index in [1.807, 2.05) is 12.1 Å². The van der Waals surface area contributed by atoms with Crippen molar-refractivity contribution in [3.8, 4) is 5.75 Å². The largest absolute Gasteiger partial charge is 0.490 e. The highest BCUT2D eigenvalue weighted by atomic mass is 16.5. The van der Waals surface area contributed by atoms with Crippen LogP contribution in [0.15, 0.2) is 18.2 Å². The second kappa shape index (κ2) is 4.21. The molecule has 2 N–H and O–H groups in total. The van der Waals surface area contributed by atoms with Gasteiger partial charge in [-0.1, -0.05) is 12.1 Å². The minimum atomic E-state index is -0.0452. The Hall–Kier alpha value is -1.06. The summed E-state index contributed by atoms with van der Waals surface area (Å²) in [5.74, 6) is 0.996. The van der Waals surface area contributed by atoms with E-state index >= 15 is 0 Å². The predicted octanol–water partition coefficient (Wildman–Crippen LogP) is 1.66. The van der Waals surface area contributed by atoms with Gasteiger partial charge >= 0.3 is 0 Å². The van der Waals surface area contributed by atoms with Gasteiger partial charge in [0.05, 0.1) is 12.6 Å². The van der Waals surface area contributed by atoms with Crippen LogP contribution in [0.2, 0.25) is 0 Å². The number of methoxy groups -OCH3 is 1. The van der Waals surface area contributed by atoms with Crippen molar-refractivity contribution in [1.82, 2.24) is 0 Å². The molecule has 15 heavy (non-hydrogen) atoms. The number of ether oxygens (including phenoxy) is 2. The van der Waals surface area contributed by atoms with Crippen LogP contribution in [-0.2, 0) is 11.2 Å². The molecule has 1 aliphatic heterocycles. The molecule has 1 heterocycles. The van der Waals surface area contributed by atoms with Crippen molar-refractivity contribution in [2.24, 2.45) is 5.73 Å². The zero-order valence-corrected chi connectivity index (χ0v) is 9.19. The first-order valence-corrected chi connectivity index (χ1v) is 5.24. The molecule has 2 atom stereocenters. The standard InChI is InChI=1S/C12H17NO2/c1-8-5-10-6-9(11(13)7-14-2)3-4-12(10)15-8/h3-4,6,8,11H,5,7,13H2,1-2H3. The number of hydrogen-bond donors (Lipinski definition) is 1. The Balaban J connectivity index is 2.19. The Morgan fingerprint density at radius 2 is 2.40 bits per heavy atom. The lowest BCUT2D eigenvalue weighted by molar-refractivity contribution is 0.181. The average Bonchev–Trinajstić information content (AvgIpc) is 2.57. The SMILES string of the molecule is COCC(N)c1ccc2c(c1)CC(C)O2. The maximum absolute atomic E-state index is 5.97. The molecular formula is C12H17NO2. The molecule has 3 heteroatoms. The summed E-state index contributed by atoms with van der Waals surface area (Å²) in [6, 6.07) is 6.10. The molecule has 0 aliphatic carbocycles. The minimum Gasteiger partial charge on any atom is -0.490 e. The second-order valence-electron chi connectivity index (χ2n) is 4.06. The van der Waals surface area contributed by atoms with Crippen LogP contribution in [-0.4, -0.2) is 19.8 Å². The molecule has 0 amide bonds. The maximum Gasteiger partial charge on any atom is 0.123 e. The van der Waals surface area contributed by atoms with Crippen molar-refractivity contribution in [3.05, 3.63) is 29.3 Å². The van der Waals surface area contributed by atoms with Crippen molar-refractivity contribution in [2.75, 3.05) is 13.7 Å². The van der Waals surface area contributed by atoms with E-state index in [1.54, 1.807) is 7.11 Å². The van der Waals surface area contributed by atoms with Gasteiger partial charge in [-0.2, -0.15) is 0 Å². The van der Waals surface area contributed by atoms with E-state index in [9.17, 15) is 0 Å². The topological polar surface area (TPSA) is 44.5 Å². The van der Waals surface area contributed by atoms with Crippen LogP contribution in [0.25, 0.3) is 0 Å². The average molecular weight is 207 g/mol. The van der Waals surface area contributed by atoms with Gasteiger partial charge in [-0.3, -0.25) is 0 Å². The van der Waals surface area contributed by atoms with Crippen LogP contribution in [0, 0.1) is 0 Å². The summed E-state index contributed by atoms with van der Waals surface area (Å²) in [5, 5.41) is 0. The molecule has 0 fully saturated rings. The third kappa shape index (κ3) is 2.13. The van der Waals surface area contributed by atoms with Gasteiger partial charge in [0.25, 0.3) is 0 Å². The molecule has 1 aromatic carbocycles. The summed E-state index contributed by atoms with van der Waals surface area (Å²) < 4.78 is 10.7. The zero-order chi connectivity index (χ0) is 10.8. The minimum absolute atomic E-state index is 0.0452. The highest BCUT2D eigenvalue weighted by molar-refractivity contribution is 5.41. The number of hydrogen-bond acceptors (Lipinski definition) is 3. The van der Waals surface area contributed by atoms with E-state index in [-0.39, 0.29) is 12.1 Å². The maximum atomic E-state index is 5.97. The van der Waals surface area contributed by atoms with Gasteiger partial charge in [0.1, 0.15) is 11.9 Å². The molecule has 0 saturated heterocycles. The monoisotopic (exact) mass is 207 g/mol. The van der Waals surface area contributed by atoms with Gasteiger partial charge in [-0.05, 0) is 24.1 Å². The Morgan fingerprint density at radius 3 is 3.13 bits per heavy atom. The van der Waals surface area contributed by atoms with Crippen molar-refractivity contribution >= 4 is 0 Å². The fourth-order valence-electron chi connectivity index (χ4n) is 1.95. The third-order valence-electron chi connectivity index (χ3n) is 2.69. The van der Waals surface area contributed by atoms with Crippen molar-refractivity contribution in [3.63, 3.8) is 0 Å². The Bertz CT molecular complexity index is 351. The van der Waals surface area contributed by atoms with Crippen molar-refractivity contribution in [2.45, 2.75) is 25.5 Å². The van der Waals surface area contributed by atoms with Gasteiger partial charge in [0.15, 0.2) is 0 Å². The van der Waals surface area contributed by atoms with Gasteiger partial charge in [-0.15, -0.1) is 0 Å². The lowest BCUT2D eigenvalue weighted by atomic mass is 10.0. The van der Waals surface area contributed by atoms with Gasteiger partial charge in [-0.25, -0.2) is 0 Å². The van der Waals surface area contributed by atoms with E-state index in [1.165, 1.54) is 5.56 Å². The molecule has 3 nitrogen and oxygen atoms in total. The molecule has 2 rings (SSSR count). The van der Waals surface area contributed by atoms with Gasteiger partial charge in [0, 0.05) is 13.5 Å². The number of fused-ring (bicyclic) bond motifs is 1. The molecule has 0 radical (unpaired) electrons. The van der Waals surface area contributed by atoms with E-state index < -0.39 is 0 Å². The van der Waals surface area contributed by atoms with Crippen LogP contribution in [0.4, 0.5) is 0 Å². The van der Waals surface area contributed by atoms with Crippen molar-refractivity contribution in [1.29, 1.82) is 0 Å². The van der Waals surface area contributed by atoms with E-state index in [0.717, 1.165) is 17.7 Å². The van der Waals surface area contributed by atoms with Crippen molar-refractivity contribution < 1.29 is 9.47 Å². The van der Waals surface area contributed by atoms with Gasteiger partial charge < -0.3 is 15.2 Å². The molecule has 82 valence electrons. The molecule has 0 aromatic heterocycles.